The van der Waals surface area contributed by atoms with Crippen molar-refractivity contribution in [3.05, 3.63) is 0 Å². The highest BCUT2D eigenvalue weighted by Gasteiger charge is 2.24. The van der Waals surface area contributed by atoms with E-state index in [4.69, 9.17) is 22.9 Å². The lowest BCUT2D eigenvalue weighted by Gasteiger charge is -2.23. The normalized spacial score (nSPS) is 14.5. The van der Waals surface area contributed by atoms with Crippen molar-refractivity contribution in [2.45, 2.75) is 82.8 Å². The third-order valence-corrected chi connectivity index (χ3v) is 4.37. The van der Waals surface area contributed by atoms with Gasteiger partial charge in [-0.1, -0.05) is 12.8 Å². The monoisotopic (exact) mass is 372 g/mol. The SMILES string of the molecule is CC(CCCCN)NC(=O)C(CCCCN)NC(=O)C(N)CCCCN. The van der Waals surface area contributed by atoms with E-state index in [9.17, 15) is 9.59 Å². The smallest absolute Gasteiger partial charge is 0.242 e. The first-order chi connectivity index (χ1) is 12.5. The lowest BCUT2D eigenvalue weighted by atomic mass is 10.0. The summed E-state index contributed by atoms with van der Waals surface area (Å²) >= 11 is 0. The van der Waals surface area contributed by atoms with Crippen LogP contribution in [0.25, 0.3) is 0 Å². The summed E-state index contributed by atoms with van der Waals surface area (Å²) in [6.07, 6.45) is 7.12. The lowest BCUT2D eigenvalue weighted by molar-refractivity contribution is -0.130. The van der Waals surface area contributed by atoms with E-state index in [2.05, 4.69) is 10.6 Å². The number of nitrogens with two attached hydrogens (primary N) is 4. The molecule has 0 fully saturated rings. The third kappa shape index (κ3) is 12.2. The fourth-order valence-corrected chi connectivity index (χ4v) is 2.69. The molecule has 10 N–H and O–H groups in total. The van der Waals surface area contributed by atoms with Gasteiger partial charge in [0.25, 0.3) is 0 Å². The van der Waals surface area contributed by atoms with Gasteiger partial charge in [-0.05, 0) is 71.5 Å². The van der Waals surface area contributed by atoms with Gasteiger partial charge in [-0.15, -0.1) is 0 Å². The molecule has 0 heterocycles. The van der Waals surface area contributed by atoms with Crippen LogP contribution in [0.15, 0.2) is 0 Å². The minimum absolute atomic E-state index is 0.0428. The number of carbonyl (C=O) groups is 2. The van der Waals surface area contributed by atoms with Crippen LogP contribution in [0, 0.1) is 0 Å². The molecule has 0 aromatic rings. The van der Waals surface area contributed by atoms with Crippen molar-refractivity contribution >= 4 is 11.8 Å². The summed E-state index contributed by atoms with van der Waals surface area (Å²) in [6, 6.07) is -1.15. The van der Waals surface area contributed by atoms with Crippen molar-refractivity contribution in [3.8, 4) is 0 Å². The summed E-state index contributed by atoms with van der Waals surface area (Å²) in [4.78, 5) is 24.9. The number of nitrogens with one attached hydrogen (secondary N) is 2. The molecule has 3 unspecified atom stereocenters. The first-order valence-corrected chi connectivity index (χ1v) is 9.92. The van der Waals surface area contributed by atoms with E-state index in [0.717, 1.165) is 44.9 Å². The molecule has 154 valence electrons. The average molecular weight is 373 g/mol. The summed E-state index contributed by atoms with van der Waals surface area (Å²) in [6.45, 7) is 3.77. The van der Waals surface area contributed by atoms with Crippen LogP contribution in [0.2, 0.25) is 0 Å². The number of hydrogen-bond acceptors (Lipinski definition) is 6. The van der Waals surface area contributed by atoms with Gasteiger partial charge in [-0.25, -0.2) is 0 Å². The molecule has 0 aliphatic rings. The Morgan fingerprint density at radius 3 is 1.77 bits per heavy atom. The van der Waals surface area contributed by atoms with Gasteiger partial charge in [0.15, 0.2) is 0 Å². The zero-order valence-electron chi connectivity index (χ0n) is 16.3. The molecular weight excluding hydrogens is 332 g/mol. The second-order valence-corrected chi connectivity index (χ2v) is 6.93. The van der Waals surface area contributed by atoms with Crippen molar-refractivity contribution in [1.29, 1.82) is 0 Å². The van der Waals surface area contributed by atoms with Crippen LogP contribution in [0.3, 0.4) is 0 Å². The molecule has 0 saturated heterocycles. The minimum Gasteiger partial charge on any atom is -0.352 e. The van der Waals surface area contributed by atoms with E-state index in [-0.39, 0.29) is 17.9 Å². The van der Waals surface area contributed by atoms with Gasteiger partial charge in [-0.2, -0.15) is 0 Å². The maximum absolute atomic E-state index is 12.6. The van der Waals surface area contributed by atoms with Crippen LogP contribution in [-0.4, -0.2) is 49.6 Å². The Kier molecular flexibility index (Phi) is 15.2. The predicted octanol–water partition coefficient (Wildman–Crippen LogP) is -0.310. The fourth-order valence-electron chi connectivity index (χ4n) is 2.69. The van der Waals surface area contributed by atoms with Crippen molar-refractivity contribution in [2.24, 2.45) is 22.9 Å². The molecule has 26 heavy (non-hydrogen) atoms. The quantitative estimate of drug-likeness (QED) is 0.204. The molecule has 2 amide bonds. The van der Waals surface area contributed by atoms with E-state index in [1.165, 1.54) is 0 Å². The standard InChI is InChI=1S/C18H40N6O2/c1-14(8-2-5-11-19)23-18(26)16(10-4-7-13-21)24-17(25)15(22)9-3-6-12-20/h14-16H,2-13,19-22H2,1H3,(H,23,26)(H,24,25). The van der Waals surface area contributed by atoms with Crippen LogP contribution in [0.1, 0.15) is 64.7 Å². The summed E-state index contributed by atoms with van der Waals surface area (Å²) < 4.78 is 0. The van der Waals surface area contributed by atoms with E-state index in [1.54, 1.807) is 0 Å². The van der Waals surface area contributed by atoms with Crippen molar-refractivity contribution in [2.75, 3.05) is 19.6 Å². The van der Waals surface area contributed by atoms with Crippen molar-refractivity contribution < 1.29 is 9.59 Å². The number of hydrogen-bond donors (Lipinski definition) is 6. The first-order valence-electron chi connectivity index (χ1n) is 9.92. The Morgan fingerprint density at radius 1 is 0.731 bits per heavy atom. The molecule has 0 radical (unpaired) electrons. The van der Waals surface area contributed by atoms with Crippen molar-refractivity contribution in [3.63, 3.8) is 0 Å². The average Bonchev–Trinajstić information content (AvgIpc) is 2.61. The summed E-state index contributed by atoms with van der Waals surface area (Å²) in [5, 5.41) is 5.79. The molecule has 0 bridgehead atoms. The zero-order valence-corrected chi connectivity index (χ0v) is 16.3. The van der Waals surface area contributed by atoms with Crippen LogP contribution in [0.5, 0.6) is 0 Å². The molecule has 8 nitrogen and oxygen atoms in total. The largest absolute Gasteiger partial charge is 0.352 e. The molecule has 0 aliphatic heterocycles. The van der Waals surface area contributed by atoms with E-state index in [1.807, 2.05) is 6.92 Å². The number of unbranched alkanes of at least 4 members (excludes halogenated alkanes) is 3. The molecule has 0 saturated carbocycles. The highest BCUT2D eigenvalue weighted by Crippen LogP contribution is 2.06. The van der Waals surface area contributed by atoms with Gasteiger partial charge in [0.2, 0.25) is 11.8 Å². The predicted molar refractivity (Wildman–Crippen MR) is 106 cm³/mol. The van der Waals surface area contributed by atoms with Crippen LogP contribution < -0.4 is 33.6 Å². The Morgan fingerprint density at radius 2 is 1.23 bits per heavy atom. The Labute approximate surface area is 158 Å². The second-order valence-electron chi connectivity index (χ2n) is 6.93. The minimum atomic E-state index is -0.617. The Balaban J connectivity index is 4.56. The Bertz CT molecular complexity index is 381. The summed E-state index contributed by atoms with van der Waals surface area (Å²) in [5.74, 6) is -0.449. The summed E-state index contributed by atoms with van der Waals surface area (Å²) in [7, 11) is 0. The van der Waals surface area contributed by atoms with Crippen LogP contribution in [0.4, 0.5) is 0 Å². The van der Waals surface area contributed by atoms with Crippen molar-refractivity contribution in [1.82, 2.24) is 10.6 Å². The maximum Gasteiger partial charge on any atom is 0.242 e. The summed E-state index contributed by atoms with van der Waals surface area (Å²) in [5.41, 5.74) is 22.4. The molecule has 0 aromatic heterocycles. The van der Waals surface area contributed by atoms with E-state index >= 15 is 0 Å². The zero-order chi connectivity index (χ0) is 19.8. The molecule has 0 aliphatic carbocycles. The Hall–Kier alpha value is -1.22. The van der Waals surface area contributed by atoms with E-state index < -0.39 is 12.1 Å². The van der Waals surface area contributed by atoms with Gasteiger partial charge in [0, 0.05) is 6.04 Å². The first kappa shape index (κ1) is 24.8. The topological polar surface area (TPSA) is 162 Å². The second kappa shape index (κ2) is 16.0. The van der Waals surface area contributed by atoms with Crippen LogP contribution >= 0.6 is 0 Å². The molecule has 0 spiro atoms. The number of rotatable bonds is 16. The highest BCUT2D eigenvalue weighted by molar-refractivity contribution is 5.89. The fraction of sp³-hybridized carbons (Fsp3) is 0.889. The lowest BCUT2D eigenvalue weighted by Crippen LogP contribution is -2.52. The molecule has 8 heteroatoms. The van der Waals surface area contributed by atoms with Crippen LogP contribution in [-0.2, 0) is 9.59 Å². The highest BCUT2D eigenvalue weighted by atomic mass is 16.2. The van der Waals surface area contributed by atoms with Gasteiger partial charge < -0.3 is 33.6 Å². The molecular formula is C18H40N6O2. The van der Waals surface area contributed by atoms with Gasteiger partial charge in [0.05, 0.1) is 6.04 Å². The number of carbonyl (C=O) groups excluding carboxylic acids is 2. The molecule has 0 aromatic carbocycles. The molecule has 3 atom stereocenters. The van der Waals surface area contributed by atoms with Gasteiger partial charge in [-0.3, -0.25) is 9.59 Å². The molecule has 0 rings (SSSR count). The van der Waals surface area contributed by atoms with E-state index in [0.29, 0.717) is 32.5 Å². The third-order valence-electron chi connectivity index (χ3n) is 4.37. The number of amides is 2. The maximum atomic E-state index is 12.6. The van der Waals surface area contributed by atoms with Gasteiger partial charge >= 0.3 is 0 Å². The van der Waals surface area contributed by atoms with Gasteiger partial charge in [0.1, 0.15) is 6.04 Å².